The average Bonchev–Trinajstić information content (AvgIpc) is 2.41. The first-order chi connectivity index (χ1) is 9.47. The summed E-state index contributed by atoms with van der Waals surface area (Å²) >= 11 is 15.8. The second-order valence-corrected chi connectivity index (χ2v) is 7.11. The van der Waals surface area contributed by atoms with Gasteiger partial charge in [0, 0.05) is 0 Å². The largest absolute Gasteiger partial charge is 0.0827 e. The maximum Gasteiger partial charge on any atom is 0.0645 e. The monoisotopic (exact) mass is 370 g/mol. The lowest BCUT2D eigenvalue weighted by molar-refractivity contribution is 0.647. The van der Waals surface area contributed by atoms with Gasteiger partial charge in [0.1, 0.15) is 0 Å². The third-order valence-corrected chi connectivity index (χ3v) is 4.95. The molecule has 2 rings (SSSR count). The van der Waals surface area contributed by atoms with Crippen LogP contribution in [0, 0.1) is 5.92 Å². The number of hydrogen-bond acceptors (Lipinski definition) is 0. The van der Waals surface area contributed by atoms with E-state index in [-0.39, 0.29) is 4.83 Å². The van der Waals surface area contributed by atoms with Gasteiger partial charge in [-0.15, -0.1) is 0 Å². The molecule has 1 unspecified atom stereocenters. The molecule has 3 heteroatoms. The standard InChI is InChI=1S/C17H17BrCl2/c1-11(2)9-12-3-5-13(6-4-12)17(18)14-7-8-15(19)16(20)10-14/h3-8,10-11,17H,9H2,1-2H3. The van der Waals surface area contributed by atoms with Crippen LogP contribution in [0.3, 0.4) is 0 Å². The number of halogens is 3. The quantitative estimate of drug-likeness (QED) is 0.526. The first-order valence-electron chi connectivity index (χ1n) is 6.65. The van der Waals surface area contributed by atoms with Crippen LogP contribution in [0.25, 0.3) is 0 Å². The van der Waals surface area contributed by atoms with Crippen LogP contribution in [0.1, 0.15) is 35.4 Å². The molecule has 0 aliphatic rings. The minimum Gasteiger partial charge on any atom is -0.0827 e. The SMILES string of the molecule is CC(C)Cc1ccc(C(Br)c2ccc(Cl)c(Cl)c2)cc1. The lowest BCUT2D eigenvalue weighted by atomic mass is 9.99. The van der Waals surface area contributed by atoms with Crippen LogP contribution in [0.2, 0.25) is 10.0 Å². The molecule has 0 fully saturated rings. The third-order valence-electron chi connectivity index (χ3n) is 3.15. The summed E-state index contributed by atoms with van der Waals surface area (Å²) in [4.78, 5) is 0.130. The second kappa shape index (κ2) is 6.98. The molecule has 0 amide bonds. The lowest BCUT2D eigenvalue weighted by Crippen LogP contribution is -1.96. The summed E-state index contributed by atoms with van der Waals surface area (Å²) in [5, 5.41) is 1.17. The minimum absolute atomic E-state index is 0.130. The molecule has 2 aromatic rings. The van der Waals surface area contributed by atoms with Crippen molar-refractivity contribution in [2.24, 2.45) is 5.92 Å². The molecular formula is C17H17BrCl2. The van der Waals surface area contributed by atoms with Gasteiger partial charge in [0.25, 0.3) is 0 Å². The number of hydrogen-bond donors (Lipinski definition) is 0. The predicted molar refractivity (Wildman–Crippen MR) is 92.2 cm³/mol. The Balaban J connectivity index is 2.20. The first kappa shape index (κ1) is 15.9. The Hall–Kier alpha value is -0.500. The zero-order chi connectivity index (χ0) is 14.7. The first-order valence-corrected chi connectivity index (χ1v) is 8.32. The zero-order valence-electron chi connectivity index (χ0n) is 11.5. The van der Waals surface area contributed by atoms with Gasteiger partial charge in [-0.3, -0.25) is 0 Å². The molecule has 1 atom stereocenters. The van der Waals surface area contributed by atoms with E-state index >= 15 is 0 Å². The minimum atomic E-state index is 0.130. The van der Waals surface area contributed by atoms with E-state index in [0.29, 0.717) is 16.0 Å². The number of rotatable bonds is 4. The summed E-state index contributed by atoms with van der Waals surface area (Å²) in [6.07, 6.45) is 1.11. The molecule has 0 N–H and O–H groups in total. The fourth-order valence-electron chi connectivity index (χ4n) is 2.16. The highest BCUT2D eigenvalue weighted by Gasteiger charge is 2.12. The van der Waals surface area contributed by atoms with Crippen molar-refractivity contribution in [3.8, 4) is 0 Å². The Bertz CT molecular complexity index is 576. The van der Waals surface area contributed by atoms with Gasteiger partial charge in [0.15, 0.2) is 0 Å². The van der Waals surface area contributed by atoms with E-state index in [1.807, 2.05) is 18.2 Å². The molecule has 0 aromatic heterocycles. The van der Waals surface area contributed by atoms with E-state index in [4.69, 9.17) is 23.2 Å². The van der Waals surface area contributed by atoms with Crippen molar-refractivity contribution in [1.29, 1.82) is 0 Å². The highest BCUT2D eigenvalue weighted by atomic mass is 79.9. The van der Waals surface area contributed by atoms with Gasteiger partial charge in [-0.1, -0.05) is 83.3 Å². The van der Waals surface area contributed by atoms with Gasteiger partial charge in [-0.05, 0) is 41.2 Å². The van der Waals surface area contributed by atoms with Gasteiger partial charge in [-0.2, -0.15) is 0 Å². The summed E-state index contributed by atoms with van der Waals surface area (Å²) in [6, 6.07) is 14.5. The molecule has 0 heterocycles. The van der Waals surface area contributed by atoms with Gasteiger partial charge in [0.05, 0.1) is 14.9 Å². The smallest absolute Gasteiger partial charge is 0.0645 e. The van der Waals surface area contributed by atoms with E-state index in [1.165, 1.54) is 11.1 Å². The fourth-order valence-corrected chi connectivity index (χ4v) is 3.05. The molecule has 0 saturated heterocycles. The highest BCUT2D eigenvalue weighted by molar-refractivity contribution is 9.09. The van der Waals surface area contributed by atoms with Crippen LogP contribution in [0.15, 0.2) is 42.5 Å². The summed E-state index contributed by atoms with van der Waals surface area (Å²) in [5.74, 6) is 0.677. The van der Waals surface area contributed by atoms with Crippen molar-refractivity contribution in [2.75, 3.05) is 0 Å². The Morgan fingerprint density at radius 1 is 0.900 bits per heavy atom. The summed E-state index contributed by atoms with van der Waals surface area (Å²) < 4.78 is 0. The Morgan fingerprint density at radius 2 is 1.50 bits per heavy atom. The van der Waals surface area contributed by atoms with Crippen molar-refractivity contribution in [2.45, 2.75) is 25.1 Å². The summed E-state index contributed by atoms with van der Waals surface area (Å²) in [5.41, 5.74) is 3.70. The lowest BCUT2D eigenvalue weighted by Gasteiger charge is -2.13. The van der Waals surface area contributed by atoms with Crippen molar-refractivity contribution >= 4 is 39.1 Å². The van der Waals surface area contributed by atoms with Crippen LogP contribution in [0.4, 0.5) is 0 Å². The van der Waals surface area contributed by atoms with Crippen LogP contribution in [-0.2, 0) is 6.42 Å². The van der Waals surface area contributed by atoms with Gasteiger partial charge < -0.3 is 0 Å². The van der Waals surface area contributed by atoms with Crippen LogP contribution in [0.5, 0.6) is 0 Å². The van der Waals surface area contributed by atoms with E-state index in [1.54, 1.807) is 0 Å². The van der Waals surface area contributed by atoms with Gasteiger partial charge in [-0.25, -0.2) is 0 Å². The zero-order valence-corrected chi connectivity index (χ0v) is 14.6. The topological polar surface area (TPSA) is 0 Å². The molecule has 2 aromatic carbocycles. The van der Waals surface area contributed by atoms with Crippen LogP contribution < -0.4 is 0 Å². The van der Waals surface area contributed by atoms with Crippen molar-refractivity contribution in [3.63, 3.8) is 0 Å². The molecule has 0 bridgehead atoms. The molecule has 0 aliphatic heterocycles. The second-order valence-electron chi connectivity index (χ2n) is 5.38. The van der Waals surface area contributed by atoms with Crippen LogP contribution >= 0.6 is 39.1 Å². The van der Waals surface area contributed by atoms with Crippen LogP contribution in [-0.4, -0.2) is 0 Å². The number of benzene rings is 2. The molecule has 20 heavy (non-hydrogen) atoms. The average molecular weight is 372 g/mol. The van der Waals surface area contributed by atoms with Crippen molar-refractivity contribution < 1.29 is 0 Å². The van der Waals surface area contributed by atoms with Gasteiger partial charge in [0.2, 0.25) is 0 Å². The molecule has 106 valence electrons. The van der Waals surface area contributed by atoms with Crippen molar-refractivity contribution in [3.05, 3.63) is 69.2 Å². The van der Waals surface area contributed by atoms with Crippen molar-refractivity contribution in [1.82, 2.24) is 0 Å². The fraction of sp³-hybridized carbons (Fsp3) is 0.294. The highest BCUT2D eigenvalue weighted by Crippen LogP contribution is 2.34. The van der Waals surface area contributed by atoms with E-state index in [2.05, 4.69) is 54.0 Å². The Morgan fingerprint density at radius 3 is 2.05 bits per heavy atom. The molecule has 0 radical (unpaired) electrons. The maximum absolute atomic E-state index is 6.08. The normalized spacial score (nSPS) is 12.7. The maximum atomic E-state index is 6.08. The molecular weight excluding hydrogens is 355 g/mol. The van der Waals surface area contributed by atoms with E-state index in [9.17, 15) is 0 Å². The van der Waals surface area contributed by atoms with E-state index < -0.39 is 0 Å². The number of alkyl halides is 1. The molecule has 0 spiro atoms. The summed E-state index contributed by atoms with van der Waals surface area (Å²) in [6.45, 7) is 4.47. The van der Waals surface area contributed by atoms with Gasteiger partial charge >= 0.3 is 0 Å². The molecule has 0 nitrogen and oxygen atoms in total. The summed E-state index contributed by atoms with van der Waals surface area (Å²) in [7, 11) is 0. The molecule has 0 aliphatic carbocycles. The predicted octanol–water partition coefficient (Wildman–Crippen LogP) is 6.68. The Labute approximate surface area is 139 Å². The Kier molecular flexibility index (Phi) is 5.54. The van der Waals surface area contributed by atoms with E-state index in [0.717, 1.165) is 12.0 Å². The molecule has 0 saturated carbocycles. The third kappa shape index (κ3) is 4.00.